The first kappa shape index (κ1) is 16.1. The zero-order valence-corrected chi connectivity index (χ0v) is 12.6. The van der Waals surface area contributed by atoms with E-state index < -0.39 is 0 Å². The number of likely N-dealkylation sites (tertiary alicyclic amines) is 1. The Balaban J connectivity index is 0.00000162. The van der Waals surface area contributed by atoms with E-state index in [9.17, 15) is 0 Å². The van der Waals surface area contributed by atoms with Gasteiger partial charge in [0.15, 0.2) is 0 Å². The zero-order chi connectivity index (χ0) is 12.3. The van der Waals surface area contributed by atoms with Gasteiger partial charge in [-0.05, 0) is 62.2 Å². The zero-order valence-electron chi connectivity index (χ0n) is 10.2. The summed E-state index contributed by atoms with van der Waals surface area (Å²) >= 11 is 12.2. The maximum atomic E-state index is 6.17. The number of halogens is 3. The van der Waals surface area contributed by atoms with E-state index in [-0.39, 0.29) is 12.4 Å². The molecule has 0 amide bonds. The molecule has 1 heterocycles. The van der Waals surface area contributed by atoms with Crippen LogP contribution in [0.15, 0.2) is 18.2 Å². The molecule has 0 aromatic heterocycles. The highest BCUT2D eigenvalue weighted by atomic mass is 35.5. The fourth-order valence-corrected chi connectivity index (χ4v) is 2.66. The summed E-state index contributed by atoms with van der Waals surface area (Å²) in [7, 11) is 0. The Morgan fingerprint density at radius 1 is 1.22 bits per heavy atom. The van der Waals surface area contributed by atoms with E-state index in [2.05, 4.69) is 4.90 Å². The Bertz CT molecular complexity index is 376. The van der Waals surface area contributed by atoms with Gasteiger partial charge < -0.3 is 5.73 Å². The Labute approximate surface area is 125 Å². The first-order chi connectivity index (χ1) is 8.19. The van der Waals surface area contributed by atoms with Gasteiger partial charge in [0.1, 0.15) is 0 Å². The van der Waals surface area contributed by atoms with E-state index in [1.54, 1.807) is 0 Å². The minimum atomic E-state index is 0. The lowest BCUT2D eigenvalue weighted by Gasteiger charge is -2.31. The molecule has 1 aromatic rings. The van der Waals surface area contributed by atoms with Crippen LogP contribution in [0.5, 0.6) is 0 Å². The molecule has 0 saturated carbocycles. The van der Waals surface area contributed by atoms with E-state index in [4.69, 9.17) is 28.9 Å². The summed E-state index contributed by atoms with van der Waals surface area (Å²) in [6, 6.07) is 5.65. The molecule has 1 aliphatic rings. The molecule has 18 heavy (non-hydrogen) atoms. The molecule has 2 nitrogen and oxygen atoms in total. The van der Waals surface area contributed by atoms with Crippen LogP contribution in [0.1, 0.15) is 18.4 Å². The van der Waals surface area contributed by atoms with Crippen LogP contribution < -0.4 is 5.73 Å². The number of rotatable bonds is 3. The molecule has 1 aromatic carbocycles. The summed E-state index contributed by atoms with van der Waals surface area (Å²) in [5.74, 6) is 0.695. The highest BCUT2D eigenvalue weighted by molar-refractivity contribution is 6.33. The number of hydrogen-bond donors (Lipinski definition) is 1. The standard InChI is InChI=1S/C13H18Cl2N2.ClH/c14-12-1-2-13(15)11(7-12)9-17-5-3-10(8-16)4-6-17;/h1-2,7,10H,3-6,8-9,16H2;1H. The molecule has 102 valence electrons. The lowest BCUT2D eigenvalue weighted by Crippen LogP contribution is -2.35. The van der Waals surface area contributed by atoms with Crippen LogP contribution in [0.2, 0.25) is 10.0 Å². The predicted molar refractivity (Wildman–Crippen MR) is 80.8 cm³/mol. The average Bonchev–Trinajstić information content (AvgIpc) is 2.35. The predicted octanol–water partition coefficient (Wildman–Crippen LogP) is 3.59. The molecular formula is C13H19Cl3N2. The third-order valence-corrected chi connectivity index (χ3v) is 4.05. The van der Waals surface area contributed by atoms with Gasteiger partial charge >= 0.3 is 0 Å². The van der Waals surface area contributed by atoms with Gasteiger partial charge in [0.2, 0.25) is 0 Å². The van der Waals surface area contributed by atoms with Crippen molar-refractivity contribution < 1.29 is 0 Å². The molecule has 0 unspecified atom stereocenters. The second-order valence-corrected chi connectivity index (χ2v) is 5.53. The number of benzene rings is 1. The van der Waals surface area contributed by atoms with Gasteiger partial charge in [0.25, 0.3) is 0 Å². The summed E-state index contributed by atoms with van der Waals surface area (Å²) in [6.45, 7) is 3.90. The topological polar surface area (TPSA) is 29.3 Å². The maximum Gasteiger partial charge on any atom is 0.0452 e. The minimum absolute atomic E-state index is 0. The molecule has 1 aliphatic heterocycles. The van der Waals surface area contributed by atoms with Crippen molar-refractivity contribution in [3.63, 3.8) is 0 Å². The smallest absolute Gasteiger partial charge is 0.0452 e. The fourth-order valence-electron chi connectivity index (χ4n) is 2.29. The third kappa shape index (κ3) is 4.29. The molecule has 0 spiro atoms. The van der Waals surface area contributed by atoms with E-state index >= 15 is 0 Å². The first-order valence-corrected chi connectivity index (χ1v) is 6.81. The first-order valence-electron chi connectivity index (χ1n) is 6.05. The van der Waals surface area contributed by atoms with E-state index in [1.807, 2.05) is 18.2 Å². The second-order valence-electron chi connectivity index (χ2n) is 4.69. The highest BCUT2D eigenvalue weighted by Gasteiger charge is 2.18. The Hall–Kier alpha value is 0.01000. The Morgan fingerprint density at radius 3 is 2.50 bits per heavy atom. The lowest BCUT2D eigenvalue weighted by molar-refractivity contribution is 0.180. The molecule has 0 radical (unpaired) electrons. The number of nitrogens with two attached hydrogens (primary N) is 1. The molecule has 1 fully saturated rings. The van der Waals surface area contributed by atoms with Crippen molar-refractivity contribution >= 4 is 35.6 Å². The summed E-state index contributed by atoms with van der Waals surface area (Å²) in [6.07, 6.45) is 2.38. The van der Waals surface area contributed by atoms with Gasteiger partial charge in [-0.2, -0.15) is 0 Å². The molecule has 0 bridgehead atoms. The molecule has 0 atom stereocenters. The van der Waals surface area contributed by atoms with Crippen LogP contribution in [0.4, 0.5) is 0 Å². The van der Waals surface area contributed by atoms with Crippen molar-refractivity contribution in [3.8, 4) is 0 Å². The quantitative estimate of drug-likeness (QED) is 0.924. The van der Waals surface area contributed by atoms with Crippen molar-refractivity contribution in [2.24, 2.45) is 11.7 Å². The highest BCUT2D eigenvalue weighted by Crippen LogP contribution is 2.24. The second kappa shape index (κ2) is 7.56. The number of piperidine rings is 1. The van der Waals surface area contributed by atoms with Gasteiger partial charge in [0, 0.05) is 16.6 Å². The summed E-state index contributed by atoms with van der Waals surface area (Å²) < 4.78 is 0. The minimum Gasteiger partial charge on any atom is -0.330 e. The Morgan fingerprint density at radius 2 is 1.89 bits per heavy atom. The monoisotopic (exact) mass is 308 g/mol. The largest absolute Gasteiger partial charge is 0.330 e. The fraction of sp³-hybridized carbons (Fsp3) is 0.538. The van der Waals surface area contributed by atoms with Crippen LogP contribution >= 0.6 is 35.6 Å². The average molecular weight is 310 g/mol. The molecule has 0 aliphatic carbocycles. The number of nitrogens with zero attached hydrogens (tertiary/aromatic N) is 1. The van der Waals surface area contributed by atoms with Gasteiger partial charge in [-0.1, -0.05) is 23.2 Å². The van der Waals surface area contributed by atoms with Crippen LogP contribution in [0.25, 0.3) is 0 Å². The number of hydrogen-bond acceptors (Lipinski definition) is 2. The van der Waals surface area contributed by atoms with Crippen LogP contribution in [0.3, 0.4) is 0 Å². The normalized spacial score (nSPS) is 17.5. The summed E-state index contributed by atoms with van der Waals surface area (Å²) in [5.41, 5.74) is 6.80. The summed E-state index contributed by atoms with van der Waals surface area (Å²) in [4.78, 5) is 2.42. The van der Waals surface area contributed by atoms with E-state index in [0.717, 1.165) is 41.8 Å². The lowest BCUT2D eigenvalue weighted by atomic mass is 9.97. The molecule has 2 rings (SSSR count). The van der Waals surface area contributed by atoms with E-state index in [0.29, 0.717) is 5.92 Å². The SMILES string of the molecule is Cl.NCC1CCN(Cc2cc(Cl)ccc2Cl)CC1. The van der Waals surface area contributed by atoms with Gasteiger partial charge in [-0.25, -0.2) is 0 Å². The van der Waals surface area contributed by atoms with Gasteiger partial charge in [-0.3, -0.25) is 4.90 Å². The Kier molecular flexibility index (Phi) is 6.75. The molecular weight excluding hydrogens is 291 g/mol. The van der Waals surface area contributed by atoms with Crippen molar-refractivity contribution in [3.05, 3.63) is 33.8 Å². The van der Waals surface area contributed by atoms with Gasteiger partial charge in [0.05, 0.1) is 0 Å². The van der Waals surface area contributed by atoms with Crippen molar-refractivity contribution in [1.29, 1.82) is 0 Å². The van der Waals surface area contributed by atoms with Gasteiger partial charge in [-0.15, -0.1) is 12.4 Å². The van der Waals surface area contributed by atoms with E-state index in [1.165, 1.54) is 12.8 Å². The van der Waals surface area contributed by atoms with Crippen molar-refractivity contribution in [2.75, 3.05) is 19.6 Å². The van der Waals surface area contributed by atoms with Crippen LogP contribution in [-0.2, 0) is 6.54 Å². The van der Waals surface area contributed by atoms with Crippen LogP contribution in [-0.4, -0.2) is 24.5 Å². The third-order valence-electron chi connectivity index (χ3n) is 3.44. The van der Waals surface area contributed by atoms with Crippen molar-refractivity contribution in [1.82, 2.24) is 4.90 Å². The molecule has 5 heteroatoms. The van der Waals surface area contributed by atoms with Crippen molar-refractivity contribution in [2.45, 2.75) is 19.4 Å². The maximum absolute atomic E-state index is 6.17. The van der Waals surface area contributed by atoms with Crippen LogP contribution in [0, 0.1) is 5.92 Å². The molecule has 1 saturated heterocycles. The molecule has 2 N–H and O–H groups in total. The summed E-state index contributed by atoms with van der Waals surface area (Å²) in [5, 5.41) is 1.55.